The van der Waals surface area contributed by atoms with Crippen LogP contribution in [0.4, 0.5) is 0 Å². The Bertz CT molecular complexity index is 305. The molecule has 3 nitrogen and oxygen atoms in total. The molecule has 1 heterocycles. The van der Waals surface area contributed by atoms with Gasteiger partial charge in [0, 0.05) is 5.38 Å². The fourth-order valence-corrected chi connectivity index (χ4v) is 2.81. The zero-order valence-electron chi connectivity index (χ0n) is 8.20. The Morgan fingerprint density at radius 1 is 1.43 bits per heavy atom. The Balaban J connectivity index is 2.19. The molecule has 1 aliphatic rings. The lowest BCUT2D eigenvalue weighted by molar-refractivity contribution is 0.275. The Hall–Kier alpha value is -0.450. The van der Waals surface area contributed by atoms with Gasteiger partial charge in [-0.1, -0.05) is 19.3 Å². The summed E-state index contributed by atoms with van der Waals surface area (Å²) in [6, 6.07) is 0. The SMILES string of the molecule is NC1(c2csc(CO)n2)CCCCC1. The molecule has 0 radical (unpaired) electrons. The van der Waals surface area contributed by atoms with Crippen molar-refractivity contribution in [2.24, 2.45) is 5.73 Å². The zero-order valence-corrected chi connectivity index (χ0v) is 9.02. The van der Waals surface area contributed by atoms with Crippen molar-refractivity contribution in [1.29, 1.82) is 0 Å². The van der Waals surface area contributed by atoms with Crippen LogP contribution in [-0.2, 0) is 12.1 Å². The van der Waals surface area contributed by atoms with E-state index in [4.69, 9.17) is 10.8 Å². The van der Waals surface area contributed by atoms with Crippen LogP contribution in [0.15, 0.2) is 5.38 Å². The second-order valence-electron chi connectivity index (χ2n) is 4.00. The lowest BCUT2D eigenvalue weighted by Gasteiger charge is -2.31. The number of aliphatic hydroxyl groups is 1. The molecular formula is C10H16N2OS. The van der Waals surface area contributed by atoms with Crippen LogP contribution < -0.4 is 5.73 Å². The molecule has 0 spiro atoms. The van der Waals surface area contributed by atoms with Crippen molar-refractivity contribution in [1.82, 2.24) is 4.98 Å². The van der Waals surface area contributed by atoms with Gasteiger partial charge in [-0.05, 0) is 12.8 Å². The molecule has 1 fully saturated rings. The third-order valence-electron chi connectivity index (χ3n) is 2.94. The maximum absolute atomic E-state index is 8.94. The van der Waals surface area contributed by atoms with E-state index in [0.29, 0.717) is 0 Å². The highest BCUT2D eigenvalue weighted by Crippen LogP contribution is 2.34. The van der Waals surface area contributed by atoms with E-state index in [0.717, 1.165) is 23.5 Å². The van der Waals surface area contributed by atoms with Crippen molar-refractivity contribution in [2.75, 3.05) is 0 Å². The smallest absolute Gasteiger partial charge is 0.118 e. The first kappa shape index (κ1) is 10.1. The van der Waals surface area contributed by atoms with Crippen molar-refractivity contribution in [3.05, 3.63) is 16.1 Å². The van der Waals surface area contributed by atoms with Crippen molar-refractivity contribution in [3.8, 4) is 0 Å². The fraction of sp³-hybridized carbons (Fsp3) is 0.700. The van der Waals surface area contributed by atoms with Gasteiger partial charge in [-0.3, -0.25) is 0 Å². The van der Waals surface area contributed by atoms with Crippen molar-refractivity contribution >= 4 is 11.3 Å². The number of hydrogen-bond donors (Lipinski definition) is 2. The molecule has 1 aromatic rings. The molecule has 1 aliphatic carbocycles. The van der Waals surface area contributed by atoms with E-state index < -0.39 is 0 Å². The van der Waals surface area contributed by atoms with Crippen LogP contribution >= 0.6 is 11.3 Å². The minimum Gasteiger partial charge on any atom is -0.389 e. The molecule has 0 aromatic carbocycles. The van der Waals surface area contributed by atoms with E-state index in [-0.39, 0.29) is 12.1 Å². The Morgan fingerprint density at radius 2 is 2.14 bits per heavy atom. The van der Waals surface area contributed by atoms with Crippen LogP contribution in [0.1, 0.15) is 42.8 Å². The first-order chi connectivity index (χ1) is 6.74. The Morgan fingerprint density at radius 3 is 2.71 bits per heavy atom. The van der Waals surface area contributed by atoms with Crippen LogP contribution in [0, 0.1) is 0 Å². The van der Waals surface area contributed by atoms with Gasteiger partial charge < -0.3 is 10.8 Å². The molecule has 0 bridgehead atoms. The first-order valence-corrected chi connectivity index (χ1v) is 5.97. The maximum atomic E-state index is 8.94. The summed E-state index contributed by atoms with van der Waals surface area (Å²) >= 11 is 1.50. The summed E-state index contributed by atoms with van der Waals surface area (Å²) in [4.78, 5) is 4.37. The molecule has 0 saturated heterocycles. The van der Waals surface area contributed by atoms with Crippen molar-refractivity contribution < 1.29 is 5.11 Å². The minimum atomic E-state index is -0.220. The van der Waals surface area contributed by atoms with Crippen LogP contribution in [0.3, 0.4) is 0 Å². The number of nitrogens with zero attached hydrogens (tertiary/aromatic N) is 1. The third-order valence-corrected chi connectivity index (χ3v) is 3.78. The molecule has 4 heteroatoms. The predicted molar refractivity (Wildman–Crippen MR) is 57.0 cm³/mol. The van der Waals surface area contributed by atoms with E-state index in [9.17, 15) is 0 Å². The predicted octanol–water partition coefficient (Wildman–Crippen LogP) is 1.75. The second kappa shape index (κ2) is 3.96. The maximum Gasteiger partial charge on any atom is 0.118 e. The highest BCUT2D eigenvalue weighted by atomic mass is 32.1. The number of aliphatic hydroxyl groups excluding tert-OH is 1. The third kappa shape index (κ3) is 1.82. The largest absolute Gasteiger partial charge is 0.389 e. The Kier molecular flexibility index (Phi) is 2.85. The topological polar surface area (TPSA) is 59.1 Å². The lowest BCUT2D eigenvalue weighted by Crippen LogP contribution is -2.38. The summed E-state index contributed by atoms with van der Waals surface area (Å²) in [6.07, 6.45) is 5.74. The van der Waals surface area contributed by atoms with Crippen molar-refractivity contribution in [3.63, 3.8) is 0 Å². The summed E-state index contributed by atoms with van der Waals surface area (Å²) in [5.41, 5.74) is 7.07. The van der Waals surface area contributed by atoms with Gasteiger partial charge in [-0.2, -0.15) is 0 Å². The highest BCUT2D eigenvalue weighted by molar-refractivity contribution is 7.09. The lowest BCUT2D eigenvalue weighted by atomic mass is 9.81. The zero-order chi connectivity index (χ0) is 10.0. The van der Waals surface area contributed by atoms with Gasteiger partial charge in [-0.25, -0.2) is 4.98 Å². The van der Waals surface area contributed by atoms with Crippen LogP contribution in [0.2, 0.25) is 0 Å². The summed E-state index contributed by atoms with van der Waals surface area (Å²) in [5.74, 6) is 0. The van der Waals surface area contributed by atoms with Gasteiger partial charge in [0.05, 0.1) is 17.8 Å². The average molecular weight is 212 g/mol. The van der Waals surface area contributed by atoms with Gasteiger partial charge in [0.2, 0.25) is 0 Å². The molecule has 1 saturated carbocycles. The van der Waals surface area contributed by atoms with Crippen LogP contribution in [0.5, 0.6) is 0 Å². The molecule has 0 aliphatic heterocycles. The molecule has 14 heavy (non-hydrogen) atoms. The molecule has 2 rings (SSSR count). The van der Waals surface area contributed by atoms with E-state index in [2.05, 4.69) is 4.98 Å². The molecule has 0 atom stereocenters. The van der Waals surface area contributed by atoms with Gasteiger partial charge in [0.1, 0.15) is 5.01 Å². The molecule has 0 amide bonds. The Labute approximate surface area is 88.0 Å². The van der Waals surface area contributed by atoms with E-state index >= 15 is 0 Å². The number of aromatic nitrogens is 1. The second-order valence-corrected chi connectivity index (χ2v) is 4.94. The van der Waals surface area contributed by atoms with E-state index in [1.54, 1.807) is 0 Å². The quantitative estimate of drug-likeness (QED) is 0.785. The van der Waals surface area contributed by atoms with E-state index in [1.165, 1.54) is 30.6 Å². The fourth-order valence-electron chi connectivity index (χ4n) is 2.05. The summed E-state index contributed by atoms with van der Waals surface area (Å²) in [6.45, 7) is 0.0285. The number of rotatable bonds is 2. The minimum absolute atomic E-state index is 0.0285. The monoisotopic (exact) mass is 212 g/mol. The van der Waals surface area contributed by atoms with Crippen LogP contribution in [-0.4, -0.2) is 10.1 Å². The van der Waals surface area contributed by atoms with Gasteiger partial charge >= 0.3 is 0 Å². The van der Waals surface area contributed by atoms with Gasteiger partial charge in [0.15, 0.2) is 0 Å². The van der Waals surface area contributed by atoms with E-state index in [1.807, 2.05) is 5.38 Å². The summed E-state index contributed by atoms with van der Waals surface area (Å²) in [5, 5.41) is 11.7. The van der Waals surface area contributed by atoms with Crippen LogP contribution in [0.25, 0.3) is 0 Å². The number of nitrogens with two attached hydrogens (primary N) is 1. The summed E-state index contributed by atoms with van der Waals surface area (Å²) in [7, 11) is 0. The molecule has 3 N–H and O–H groups in total. The summed E-state index contributed by atoms with van der Waals surface area (Å²) < 4.78 is 0. The first-order valence-electron chi connectivity index (χ1n) is 5.09. The average Bonchev–Trinajstić information content (AvgIpc) is 2.67. The molecular weight excluding hydrogens is 196 g/mol. The standard InChI is InChI=1S/C10H16N2OS/c11-10(4-2-1-3-5-10)8-7-14-9(6-13)12-8/h7,13H,1-6,11H2. The number of thiazole rings is 1. The molecule has 0 unspecified atom stereocenters. The van der Waals surface area contributed by atoms with Gasteiger partial charge in [0.25, 0.3) is 0 Å². The molecule has 1 aromatic heterocycles. The van der Waals surface area contributed by atoms with Crippen molar-refractivity contribution in [2.45, 2.75) is 44.2 Å². The highest BCUT2D eigenvalue weighted by Gasteiger charge is 2.31. The molecule has 78 valence electrons. The van der Waals surface area contributed by atoms with Gasteiger partial charge in [-0.15, -0.1) is 11.3 Å². The normalized spacial score (nSPS) is 21.0. The number of hydrogen-bond acceptors (Lipinski definition) is 4.